The van der Waals surface area contributed by atoms with Gasteiger partial charge in [-0.05, 0) is 26.1 Å². The van der Waals surface area contributed by atoms with Crippen LogP contribution in [0.15, 0.2) is 0 Å². The number of carbonyl (C=O) groups is 1. The third kappa shape index (κ3) is 3.49. The highest BCUT2D eigenvalue weighted by atomic mass is 32.2. The summed E-state index contributed by atoms with van der Waals surface area (Å²) in [6.45, 7) is 6.20. The van der Waals surface area contributed by atoms with Crippen molar-refractivity contribution in [1.82, 2.24) is 4.90 Å². The van der Waals surface area contributed by atoms with Crippen molar-refractivity contribution >= 4 is 17.5 Å². The van der Waals surface area contributed by atoms with Crippen molar-refractivity contribution in [2.24, 2.45) is 11.3 Å². The molecule has 0 saturated heterocycles. The molecule has 0 aliphatic heterocycles. The molecule has 1 aliphatic rings. The van der Waals surface area contributed by atoms with Crippen LogP contribution in [0.5, 0.6) is 0 Å². The Morgan fingerprint density at radius 2 is 2.20 bits per heavy atom. The van der Waals surface area contributed by atoms with Crippen molar-refractivity contribution in [1.29, 1.82) is 0 Å². The van der Waals surface area contributed by atoms with Gasteiger partial charge in [0.05, 0.1) is 0 Å². The summed E-state index contributed by atoms with van der Waals surface area (Å²) < 4.78 is 0. The molecule has 0 radical (unpaired) electrons. The Morgan fingerprint density at radius 1 is 1.53 bits per heavy atom. The molecular weight excluding hydrogens is 206 g/mol. The van der Waals surface area contributed by atoms with Crippen molar-refractivity contribution in [2.75, 3.05) is 32.1 Å². The Morgan fingerprint density at radius 3 is 2.67 bits per heavy atom. The average molecular weight is 229 g/mol. The van der Waals surface area contributed by atoms with Gasteiger partial charge in [-0.1, -0.05) is 13.8 Å². The van der Waals surface area contributed by atoms with Crippen LogP contribution in [0.1, 0.15) is 26.7 Å². The summed E-state index contributed by atoms with van der Waals surface area (Å²) >= 11 is 1.86. The maximum Gasteiger partial charge on any atom is 0.142 e. The Bertz CT molecular complexity index is 228. The van der Waals surface area contributed by atoms with Crippen molar-refractivity contribution in [3.05, 3.63) is 0 Å². The van der Waals surface area contributed by atoms with E-state index in [1.807, 2.05) is 11.8 Å². The second-order valence-electron chi connectivity index (χ2n) is 5.24. The molecule has 1 rings (SSSR count). The standard InChI is InChI=1S/C12H23NOS/c1-12(2)6-5-10(11(12)14)9-13(3)7-8-15-4/h10H,5-9H2,1-4H3. The van der Waals surface area contributed by atoms with Crippen LogP contribution in [0.25, 0.3) is 0 Å². The minimum Gasteiger partial charge on any atom is -0.305 e. The molecule has 1 unspecified atom stereocenters. The first-order valence-corrected chi connectivity index (χ1v) is 7.08. The molecule has 1 atom stereocenters. The summed E-state index contributed by atoms with van der Waals surface area (Å²) in [6.07, 6.45) is 4.26. The lowest BCUT2D eigenvalue weighted by Crippen LogP contribution is -2.32. The van der Waals surface area contributed by atoms with E-state index in [1.54, 1.807) is 0 Å². The number of hydrogen-bond acceptors (Lipinski definition) is 3. The highest BCUT2D eigenvalue weighted by Gasteiger charge is 2.40. The normalized spacial score (nSPS) is 25.1. The van der Waals surface area contributed by atoms with E-state index in [1.165, 1.54) is 0 Å². The zero-order valence-corrected chi connectivity index (χ0v) is 11.2. The molecule has 3 heteroatoms. The highest BCUT2D eigenvalue weighted by molar-refractivity contribution is 7.98. The lowest BCUT2D eigenvalue weighted by molar-refractivity contribution is -0.127. The fourth-order valence-corrected chi connectivity index (χ4v) is 2.73. The molecule has 0 aromatic rings. The number of rotatable bonds is 5. The molecule has 1 fully saturated rings. The number of nitrogens with zero attached hydrogens (tertiary/aromatic N) is 1. The summed E-state index contributed by atoms with van der Waals surface area (Å²) in [5.74, 6) is 1.91. The molecule has 0 bridgehead atoms. The quantitative estimate of drug-likeness (QED) is 0.721. The topological polar surface area (TPSA) is 20.3 Å². The van der Waals surface area contributed by atoms with E-state index in [-0.39, 0.29) is 11.3 Å². The van der Waals surface area contributed by atoms with Crippen LogP contribution in [-0.2, 0) is 4.79 Å². The first kappa shape index (κ1) is 13.0. The summed E-state index contributed by atoms with van der Waals surface area (Å²) in [5, 5.41) is 0. The first-order chi connectivity index (χ1) is 6.97. The van der Waals surface area contributed by atoms with Crippen molar-refractivity contribution in [3.63, 3.8) is 0 Å². The smallest absolute Gasteiger partial charge is 0.142 e. The van der Waals surface area contributed by atoms with Gasteiger partial charge in [0, 0.05) is 30.2 Å². The van der Waals surface area contributed by atoms with Gasteiger partial charge in [0.25, 0.3) is 0 Å². The number of thioether (sulfide) groups is 1. The van der Waals surface area contributed by atoms with Crippen LogP contribution in [0, 0.1) is 11.3 Å². The van der Waals surface area contributed by atoms with Gasteiger partial charge in [-0.15, -0.1) is 0 Å². The number of Topliss-reactive ketones (excluding diaryl/α,β-unsaturated/α-hetero) is 1. The van der Waals surface area contributed by atoms with E-state index in [4.69, 9.17) is 0 Å². The lowest BCUT2D eigenvalue weighted by atomic mass is 9.89. The summed E-state index contributed by atoms with van der Waals surface area (Å²) in [7, 11) is 2.12. The van der Waals surface area contributed by atoms with Crippen LogP contribution in [0.4, 0.5) is 0 Å². The van der Waals surface area contributed by atoms with Gasteiger partial charge in [-0.2, -0.15) is 11.8 Å². The maximum absolute atomic E-state index is 12.0. The maximum atomic E-state index is 12.0. The minimum atomic E-state index is -0.0645. The molecule has 88 valence electrons. The zero-order valence-electron chi connectivity index (χ0n) is 10.4. The molecule has 1 saturated carbocycles. The fourth-order valence-electron chi connectivity index (χ4n) is 2.23. The van der Waals surface area contributed by atoms with Crippen molar-refractivity contribution in [3.8, 4) is 0 Å². The van der Waals surface area contributed by atoms with E-state index in [9.17, 15) is 4.79 Å². The van der Waals surface area contributed by atoms with Gasteiger partial charge < -0.3 is 4.90 Å². The largest absolute Gasteiger partial charge is 0.305 e. The minimum absolute atomic E-state index is 0.0645. The van der Waals surface area contributed by atoms with Crippen molar-refractivity contribution < 1.29 is 4.79 Å². The van der Waals surface area contributed by atoms with Crippen LogP contribution < -0.4 is 0 Å². The second-order valence-corrected chi connectivity index (χ2v) is 6.22. The van der Waals surface area contributed by atoms with Crippen molar-refractivity contribution in [2.45, 2.75) is 26.7 Å². The third-order valence-electron chi connectivity index (χ3n) is 3.36. The Labute approximate surface area is 97.8 Å². The molecule has 2 nitrogen and oxygen atoms in total. The molecule has 0 amide bonds. The Kier molecular flexibility index (Phi) is 4.65. The Hall–Kier alpha value is -0.0200. The average Bonchev–Trinajstić information content (AvgIpc) is 2.42. The number of hydrogen-bond donors (Lipinski definition) is 0. The van der Waals surface area contributed by atoms with Crippen LogP contribution >= 0.6 is 11.8 Å². The molecular formula is C12H23NOS. The first-order valence-electron chi connectivity index (χ1n) is 5.69. The third-order valence-corrected chi connectivity index (χ3v) is 3.96. The highest BCUT2D eigenvalue weighted by Crippen LogP contribution is 2.37. The molecule has 0 aromatic heterocycles. The predicted molar refractivity (Wildman–Crippen MR) is 67.4 cm³/mol. The Balaban J connectivity index is 2.37. The van der Waals surface area contributed by atoms with Gasteiger partial charge in [0.15, 0.2) is 0 Å². The summed E-state index contributed by atoms with van der Waals surface area (Å²) in [4.78, 5) is 14.3. The molecule has 0 heterocycles. The van der Waals surface area contributed by atoms with E-state index in [0.29, 0.717) is 5.78 Å². The molecule has 15 heavy (non-hydrogen) atoms. The monoisotopic (exact) mass is 229 g/mol. The zero-order chi connectivity index (χ0) is 11.5. The van der Waals surface area contributed by atoms with Crippen LogP contribution in [0.2, 0.25) is 0 Å². The van der Waals surface area contributed by atoms with Gasteiger partial charge in [-0.25, -0.2) is 0 Å². The van der Waals surface area contributed by atoms with Gasteiger partial charge >= 0.3 is 0 Å². The van der Waals surface area contributed by atoms with E-state index < -0.39 is 0 Å². The van der Waals surface area contributed by atoms with E-state index in [2.05, 4.69) is 32.1 Å². The summed E-state index contributed by atoms with van der Waals surface area (Å²) in [6, 6.07) is 0. The summed E-state index contributed by atoms with van der Waals surface area (Å²) in [5.41, 5.74) is -0.0645. The van der Waals surface area contributed by atoms with Gasteiger partial charge in [-0.3, -0.25) is 4.79 Å². The fraction of sp³-hybridized carbons (Fsp3) is 0.917. The molecule has 0 spiro atoms. The molecule has 1 aliphatic carbocycles. The lowest BCUT2D eigenvalue weighted by Gasteiger charge is -2.21. The second kappa shape index (κ2) is 5.35. The van der Waals surface area contributed by atoms with Gasteiger partial charge in [0.1, 0.15) is 5.78 Å². The number of ketones is 1. The SMILES string of the molecule is CSCCN(C)CC1CCC(C)(C)C1=O. The van der Waals surface area contributed by atoms with Crippen LogP contribution in [0.3, 0.4) is 0 Å². The van der Waals surface area contributed by atoms with E-state index in [0.717, 1.165) is 31.7 Å². The molecule has 0 N–H and O–H groups in total. The molecule has 0 aromatic carbocycles. The number of carbonyl (C=O) groups excluding carboxylic acids is 1. The van der Waals surface area contributed by atoms with Gasteiger partial charge in [0.2, 0.25) is 0 Å². The van der Waals surface area contributed by atoms with Crippen LogP contribution in [-0.4, -0.2) is 42.8 Å². The van der Waals surface area contributed by atoms with E-state index >= 15 is 0 Å². The predicted octanol–water partition coefficient (Wildman–Crippen LogP) is 2.29.